The number of hydrogen-bond acceptors (Lipinski definition) is 2. The Morgan fingerprint density at radius 3 is 2.74 bits per heavy atom. The molecule has 0 aliphatic rings. The number of thiocarbonyl (C=S) groups is 1. The summed E-state index contributed by atoms with van der Waals surface area (Å²) in [5.41, 5.74) is 3.49. The molecule has 0 unspecified atom stereocenters. The summed E-state index contributed by atoms with van der Waals surface area (Å²) in [7, 11) is 1.70. The van der Waals surface area contributed by atoms with Crippen LogP contribution in [0.2, 0.25) is 0 Å². The second-order valence-electron chi connectivity index (χ2n) is 4.63. The molecule has 0 bridgehead atoms. The predicted molar refractivity (Wildman–Crippen MR) is 84.9 cm³/mol. The van der Waals surface area contributed by atoms with Crippen molar-refractivity contribution < 1.29 is 4.74 Å². The molecule has 0 saturated carbocycles. The van der Waals surface area contributed by atoms with Crippen LogP contribution in [0.15, 0.2) is 30.4 Å². The SMILES string of the molecule is C=C(C)CNC(=S)NCCc1cc(C)ccc1OC. The van der Waals surface area contributed by atoms with E-state index in [0.717, 1.165) is 24.3 Å². The van der Waals surface area contributed by atoms with Crippen LogP contribution in [0.25, 0.3) is 0 Å². The summed E-state index contributed by atoms with van der Waals surface area (Å²) in [4.78, 5) is 0. The van der Waals surface area contributed by atoms with Crippen molar-refractivity contribution in [3.8, 4) is 5.75 Å². The van der Waals surface area contributed by atoms with Crippen molar-refractivity contribution in [3.05, 3.63) is 41.5 Å². The molecule has 0 aliphatic heterocycles. The fourth-order valence-corrected chi connectivity index (χ4v) is 1.88. The van der Waals surface area contributed by atoms with Gasteiger partial charge in [0.15, 0.2) is 5.11 Å². The summed E-state index contributed by atoms with van der Waals surface area (Å²) in [5, 5.41) is 6.94. The summed E-state index contributed by atoms with van der Waals surface area (Å²) >= 11 is 5.18. The van der Waals surface area contributed by atoms with E-state index in [-0.39, 0.29) is 0 Å². The van der Waals surface area contributed by atoms with Gasteiger partial charge in [-0.2, -0.15) is 0 Å². The third kappa shape index (κ3) is 5.75. The van der Waals surface area contributed by atoms with Gasteiger partial charge in [0.1, 0.15) is 5.75 Å². The molecule has 0 atom stereocenters. The zero-order valence-electron chi connectivity index (χ0n) is 11.9. The maximum Gasteiger partial charge on any atom is 0.166 e. The highest BCUT2D eigenvalue weighted by Gasteiger charge is 2.03. The first-order chi connectivity index (χ1) is 9.02. The first kappa shape index (κ1) is 15.5. The molecule has 0 fully saturated rings. The zero-order valence-corrected chi connectivity index (χ0v) is 12.7. The lowest BCUT2D eigenvalue weighted by atomic mass is 10.1. The van der Waals surface area contributed by atoms with Gasteiger partial charge in [-0.25, -0.2) is 0 Å². The number of nitrogens with one attached hydrogen (secondary N) is 2. The van der Waals surface area contributed by atoms with Crippen molar-refractivity contribution in [1.29, 1.82) is 0 Å². The Hall–Kier alpha value is -1.55. The van der Waals surface area contributed by atoms with Gasteiger partial charge in [-0.3, -0.25) is 0 Å². The molecule has 0 aliphatic carbocycles. The zero-order chi connectivity index (χ0) is 14.3. The lowest BCUT2D eigenvalue weighted by Gasteiger charge is -2.12. The van der Waals surface area contributed by atoms with Crippen LogP contribution in [0.4, 0.5) is 0 Å². The Kier molecular flexibility index (Phi) is 6.36. The average Bonchev–Trinajstić information content (AvgIpc) is 2.36. The molecule has 0 aromatic heterocycles. The molecule has 1 aromatic rings. The average molecular weight is 278 g/mol. The minimum absolute atomic E-state index is 0.662. The summed E-state index contributed by atoms with van der Waals surface area (Å²) in [6, 6.07) is 6.20. The molecule has 1 aromatic carbocycles. The number of rotatable bonds is 6. The fourth-order valence-electron chi connectivity index (χ4n) is 1.71. The summed E-state index contributed by atoms with van der Waals surface area (Å²) in [6.07, 6.45) is 0.875. The molecule has 1 rings (SSSR count). The highest BCUT2D eigenvalue weighted by molar-refractivity contribution is 7.80. The Labute approximate surface area is 121 Å². The van der Waals surface area contributed by atoms with Crippen LogP contribution in [0.5, 0.6) is 5.75 Å². The molecule has 0 heterocycles. The van der Waals surface area contributed by atoms with Crippen molar-refractivity contribution in [2.45, 2.75) is 20.3 Å². The van der Waals surface area contributed by atoms with E-state index in [9.17, 15) is 0 Å². The topological polar surface area (TPSA) is 33.3 Å². The Bertz CT molecular complexity index is 457. The molecule has 3 nitrogen and oxygen atoms in total. The standard InChI is InChI=1S/C15H22N2OS/c1-11(2)10-17-15(19)16-8-7-13-9-12(3)5-6-14(13)18-4/h5-6,9H,1,7-8,10H2,2-4H3,(H2,16,17,19). The predicted octanol–water partition coefficient (Wildman–Crippen LogP) is 2.59. The van der Waals surface area contributed by atoms with Crippen LogP contribution in [0.3, 0.4) is 0 Å². The molecule has 4 heteroatoms. The van der Waals surface area contributed by atoms with Crippen LogP contribution in [0, 0.1) is 6.92 Å². The lowest BCUT2D eigenvalue weighted by Crippen LogP contribution is -2.37. The van der Waals surface area contributed by atoms with Gasteiger partial charge in [0.2, 0.25) is 0 Å². The van der Waals surface area contributed by atoms with Crippen LogP contribution in [-0.2, 0) is 6.42 Å². The van der Waals surface area contributed by atoms with Gasteiger partial charge in [0, 0.05) is 13.1 Å². The monoisotopic (exact) mass is 278 g/mol. The maximum atomic E-state index is 5.35. The highest BCUT2D eigenvalue weighted by Crippen LogP contribution is 2.19. The van der Waals surface area contributed by atoms with Gasteiger partial charge in [-0.05, 0) is 44.1 Å². The number of aryl methyl sites for hydroxylation is 1. The van der Waals surface area contributed by atoms with Crippen molar-refractivity contribution >= 4 is 17.3 Å². The second kappa shape index (κ2) is 7.79. The van der Waals surface area contributed by atoms with E-state index in [1.807, 2.05) is 13.0 Å². The van der Waals surface area contributed by atoms with Crippen LogP contribution in [0.1, 0.15) is 18.1 Å². The summed E-state index contributed by atoms with van der Waals surface area (Å²) in [6.45, 7) is 9.35. The Morgan fingerprint density at radius 2 is 2.11 bits per heavy atom. The first-order valence-electron chi connectivity index (χ1n) is 6.32. The van der Waals surface area contributed by atoms with E-state index in [0.29, 0.717) is 11.7 Å². The van der Waals surface area contributed by atoms with Gasteiger partial charge >= 0.3 is 0 Å². The summed E-state index contributed by atoms with van der Waals surface area (Å²) < 4.78 is 5.35. The van der Waals surface area contributed by atoms with Gasteiger partial charge < -0.3 is 15.4 Å². The summed E-state index contributed by atoms with van der Waals surface area (Å²) in [5.74, 6) is 0.924. The molecule has 0 saturated heterocycles. The van der Waals surface area contributed by atoms with E-state index >= 15 is 0 Å². The van der Waals surface area contributed by atoms with Crippen molar-refractivity contribution in [3.63, 3.8) is 0 Å². The minimum Gasteiger partial charge on any atom is -0.496 e. The van der Waals surface area contributed by atoms with Crippen molar-refractivity contribution in [2.24, 2.45) is 0 Å². The normalized spacial score (nSPS) is 9.84. The third-order valence-corrected chi connectivity index (χ3v) is 2.96. The van der Waals surface area contributed by atoms with E-state index < -0.39 is 0 Å². The van der Waals surface area contributed by atoms with Gasteiger partial charge in [0.25, 0.3) is 0 Å². The smallest absolute Gasteiger partial charge is 0.166 e. The van der Waals surface area contributed by atoms with E-state index in [2.05, 4.69) is 36.3 Å². The number of ether oxygens (including phenoxy) is 1. The van der Waals surface area contributed by atoms with E-state index in [1.54, 1.807) is 7.11 Å². The maximum absolute atomic E-state index is 5.35. The van der Waals surface area contributed by atoms with Crippen LogP contribution < -0.4 is 15.4 Å². The second-order valence-corrected chi connectivity index (χ2v) is 5.04. The van der Waals surface area contributed by atoms with Gasteiger partial charge in [0.05, 0.1) is 7.11 Å². The van der Waals surface area contributed by atoms with E-state index in [4.69, 9.17) is 17.0 Å². The molecule has 2 N–H and O–H groups in total. The molecule has 0 amide bonds. The van der Waals surface area contributed by atoms with Gasteiger partial charge in [-0.15, -0.1) is 0 Å². The number of hydrogen-bond donors (Lipinski definition) is 2. The molecular weight excluding hydrogens is 256 g/mol. The Balaban J connectivity index is 2.42. The third-order valence-electron chi connectivity index (χ3n) is 2.67. The minimum atomic E-state index is 0.662. The van der Waals surface area contributed by atoms with Crippen molar-refractivity contribution in [2.75, 3.05) is 20.2 Å². The van der Waals surface area contributed by atoms with Crippen molar-refractivity contribution in [1.82, 2.24) is 10.6 Å². The number of methoxy groups -OCH3 is 1. The van der Waals surface area contributed by atoms with Crippen LogP contribution >= 0.6 is 12.2 Å². The molecule has 0 spiro atoms. The first-order valence-corrected chi connectivity index (χ1v) is 6.73. The van der Waals surface area contributed by atoms with Gasteiger partial charge in [-0.1, -0.05) is 29.8 Å². The quantitative estimate of drug-likeness (QED) is 0.619. The fraction of sp³-hybridized carbons (Fsp3) is 0.400. The molecule has 19 heavy (non-hydrogen) atoms. The van der Waals surface area contributed by atoms with E-state index in [1.165, 1.54) is 11.1 Å². The highest BCUT2D eigenvalue weighted by atomic mass is 32.1. The Morgan fingerprint density at radius 1 is 1.37 bits per heavy atom. The van der Waals surface area contributed by atoms with Crippen LogP contribution in [-0.4, -0.2) is 25.3 Å². The largest absolute Gasteiger partial charge is 0.496 e. The molecule has 0 radical (unpaired) electrons. The molecule has 104 valence electrons. The lowest BCUT2D eigenvalue weighted by molar-refractivity contribution is 0.409. The number of benzene rings is 1. The molecular formula is C15H22N2OS.